The van der Waals surface area contributed by atoms with Gasteiger partial charge in [-0.05, 0) is 55.7 Å². The Labute approximate surface area is 177 Å². The van der Waals surface area contributed by atoms with E-state index in [1.54, 1.807) is 7.11 Å². The lowest BCUT2D eigenvalue weighted by Gasteiger charge is -2.37. The van der Waals surface area contributed by atoms with E-state index in [9.17, 15) is 9.90 Å². The molecule has 2 aromatic carbocycles. The molecule has 160 valence electrons. The third kappa shape index (κ3) is 5.40. The number of amides is 1. The van der Waals surface area contributed by atoms with Crippen molar-refractivity contribution in [3.63, 3.8) is 0 Å². The highest BCUT2D eigenvalue weighted by Crippen LogP contribution is 2.40. The van der Waals surface area contributed by atoms with Crippen LogP contribution >= 0.6 is 0 Å². The molecule has 0 radical (unpaired) electrons. The predicted molar refractivity (Wildman–Crippen MR) is 115 cm³/mol. The van der Waals surface area contributed by atoms with Gasteiger partial charge in [-0.25, -0.2) is 0 Å². The van der Waals surface area contributed by atoms with Gasteiger partial charge in [0.15, 0.2) is 5.76 Å². The number of anilines is 1. The minimum atomic E-state index is -0.574. The second kappa shape index (κ2) is 10.8. The van der Waals surface area contributed by atoms with E-state index < -0.39 is 6.29 Å². The third-order valence-electron chi connectivity index (χ3n) is 5.17. The second-order valence-corrected chi connectivity index (χ2v) is 7.12. The first-order valence-electron chi connectivity index (χ1n) is 10.3. The van der Waals surface area contributed by atoms with Gasteiger partial charge in [-0.3, -0.25) is 4.79 Å². The Balaban J connectivity index is 1.92. The van der Waals surface area contributed by atoms with Crippen LogP contribution in [-0.4, -0.2) is 37.6 Å². The first kappa shape index (κ1) is 21.9. The maximum Gasteiger partial charge on any atom is 0.290 e. The van der Waals surface area contributed by atoms with Gasteiger partial charge in [0.1, 0.15) is 5.75 Å². The van der Waals surface area contributed by atoms with Crippen molar-refractivity contribution in [2.24, 2.45) is 5.92 Å². The van der Waals surface area contributed by atoms with Gasteiger partial charge >= 0.3 is 0 Å². The van der Waals surface area contributed by atoms with Crippen molar-refractivity contribution >= 4 is 11.6 Å². The molecule has 30 heavy (non-hydrogen) atoms. The number of ether oxygens (including phenoxy) is 3. The summed E-state index contributed by atoms with van der Waals surface area (Å²) < 4.78 is 17.1. The lowest BCUT2D eigenvalue weighted by molar-refractivity contribution is -0.165. The molecule has 1 amide bonds. The van der Waals surface area contributed by atoms with Crippen molar-refractivity contribution in [1.82, 2.24) is 0 Å². The molecule has 6 heteroatoms. The topological polar surface area (TPSA) is 77.0 Å². The number of hydrogen-bond donors (Lipinski definition) is 2. The van der Waals surface area contributed by atoms with E-state index in [2.05, 4.69) is 5.32 Å². The number of hydrogen-bond acceptors (Lipinski definition) is 5. The molecule has 0 bridgehead atoms. The maximum atomic E-state index is 12.9. The smallest absolute Gasteiger partial charge is 0.290 e. The lowest BCUT2D eigenvalue weighted by atomic mass is 9.80. The average Bonchev–Trinajstić information content (AvgIpc) is 2.78. The van der Waals surface area contributed by atoms with Gasteiger partial charge in [-0.1, -0.05) is 30.3 Å². The molecule has 2 N–H and O–H groups in total. The van der Waals surface area contributed by atoms with Gasteiger partial charge in [0.2, 0.25) is 6.29 Å². The zero-order valence-corrected chi connectivity index (χ0v) is 17.4. The maximum absolute atomic E-state index is 12.9. The van der Waals surface area contributed by atoms with Gasteiger partial charge in [-0.15, -0.1) is 0 Å². The Morgan fingerprint density at radius 3 is 2.50 bits per heavy atom. The molecule has 0 unspecified atom stereocenters. The van der Waals surface area contributed by atoms with Crippen LogP contribution in [0.4, 0.5) is 5.69 Å². The standard InChI is InChI=1S/C24H29NO5/c1-3-29-24-20(10-7-15-26)21(17-11-13-19(28-2)14-12-17)16-22(30-24)23(27)25-18-8-5-4-6-9-18/h4-6,8-9,11-14,16,20-21,24,26H,3,7,10,15H2,1-2H3,(H,25,27)/t20-,21+,24+/m0/s1. The van der Waals surface area contributed by atoms with E-state index in [0.717, 1.165) is 11.3 Å². The molecule has 0 saturated heterocycles. The van der Waals surface area contributed by atoms with E-state index in [1.165, 1.54) is 0 Å². The molecule has 1 aliphatic heterocycles. The minimum absolute atomic E-state index is 0.0289. The fourth-order valence-corrected chi connectivity index (χ4v) is 3.69. The molecule has 0 fully saturated rings. The number of aliphatic hydroxyl groups excluding tert-OH is 1. The summed E-state index contributed by atoms with van der Waals surface area (Å²) in [6.45, 7) is 2.45. The van der Waals surface area contributed by atoms with Crippen molar-refractivity contribution < 1.29 is 24.1 Å². The van der Waals surface area contributed by atoms with Crippen LogP contribution in [0.1, 0.15) is 31.2 Å². The summed E-state index contributed by atoms with van der Waals surface area (Å²) in [5.74, 6) is 0.566. The van der Waals surface area contributed by atoms with Crippen molar-refractivity contribution in [3.8, 4) is 5.75 Å². The Morgan fingerprint density at radius 2 is 1.87 bits per heavy atom. The van der Waals surface area contributed by atoms with E-state index >= 15 is 0 Å². The molecular formula is C24H29NO5. The Morgan fingerprint density at radius 1 is 1.13 bits per heavy atom. The SMILES string of the molecule is CCO[C@@H]1OC(C(=O)Nc2ccccc2)=C[C@H](c2ccc(OC)cc2)[C@@H]1CCCO. The average molecular weight is 411 g/mol. The number of carbonyl (C=O) groups is 1. The number of carbonyl (C=O) groups excluding carboxylic acids is 1. The lowest BCUT2D eigenvalue weighted by Crippen LogP contribution is -2.37. The fourth-order valence-electron chi connectivity index (χ4n) is 3.69. The van der Waals surface area contributed by atoms with Gasteiger partial charge < -0.3 is 24.6 Å². The van der Waals surface area contributed by atoms with Crippen LogP contribution in [0.2, 0.25) is 0 Å². The molecule has 2 aromatic rings. The summed E-state index contributed by atoms with van der Waals surface area (Å²) in [5.41, 5.74) is 1.74. The third-order valence-corrected chi connectivity index (χ3v) is 5.17. The van der Waals surface area contributed by atoms with E-state index in [-0.39, 0.29) is 30.1 Å². The van der Waals surface area contributed by atoms with E-state index in [4.69, 9.17) is 14.2 Å². The summed E-state index contributed by atoms with van der Waals surface area (Å²) in [5, 5.41) is 12.2. The number of aliphatic hydroxyl groups is 1. The van der Waals surface area contributed by atoms with Crippen LogP contribution in [0.5, 0.6) is 5.75 Å². The highest BCUT2D eigenvalue weighted by Gasteiger charge is 2.37. The van der Waals surface area contributed by atoms with Gasteiger partial charge in [0.05, 0.1) is 7.11 Å². The summed E-state index contributed by atoms with van der Waals surface area (Å²) >= 11 is 0. The van der Waals surface area contributed by atoms with Gasteiger partial charge in [-0.2, -0.15) is 0 Å². The summed E-state index contributed by atoms with van der Waals surface area (Å²) in [6.07, 6.45) is 2.62. The molecule has 0 aliphatic carbocycles. The first-order valence-corrected chi connectivity index (χ1v) is 10.3. The van der Waals surface area contributed by atoms with E-state index in [1.807, 2.05) is 67.6 Å². The predicted octanol–water partition coefficient (Wildman–Crippen LogP) is 4.08. The fraction of sp³-hybridized carbons (Fsp3) is 0.375. The molecule has 1 heterocycles. The second-order valence-electron chi connectivity index (χ2n) is 7.12. The monoisotopic (exact) mass is 411 g/mol. The van der Waals surface area contributed by atoms with Crippen molar-refractivity contribution in [2.45, 2.75) is 32.0 Å². The number of allylic oxidation sites excluding steroid dienone is 1. The zero-order valence-electron chi connectivity index (χ0n) is 17.4. The molecule has 1 aliphatic rings. The highest BCUT2D eigenvalue weighted by atomic mass is 16.7. The summed E-state index contributed by atoms with van der Waals surface area (Å²) in [7, 11) is 1.63. The molecule has 3 atom stereocenters. The van der Waals surface area contributed by atoms with E-state index in [0.29, 0.717) is 25.1 Å². The van der Waals surface area contributed by atoms with Crippen molar-refractivity contribution in [1.29, 1.82) is 0 Å². The van der Waals surface area contributed by atoms with Crippen LogP contribution < -0.4 is 10.1 Å². The largest absolute Gasteiger partial charge is 0.497 e. The minimum Gasteiger partial charge on any atom is -0.497 e. The van der Waals surface area contributed by atoms with Crippen LogP contribution in [0.3, 0.4) is 0 Å². The molecule has 0 spiro atoms. The number of para-hydroxylation sites is 1. The van der Waals surface area contributed by atoms with Gasteiger partial charge in [0.25, 0.3) is 5.91 Å². The van der Waals surface area contributed by atoms with Crippen LogP contribution in [0.25, 0.3) is 0 Å². The normalized spacial score (nSPS) is 20.8. The highest BCUT2D eigenvalue weighted by molar-refractivity contribution is 6.02. The summed E-state index contributed by atoms with van der Waals surface area (Å²) in [4.78, 5) is 12.9. The molecule has 0 saturated carbocycles. The van der Waals surface area contributed by atoms with Crippen molar-refractivity contribution in [3.05, 3.63) is 72.0 Å². The number of benzene rings is 2. The van der Waals surface area contributed by atoms with Gasteiger partial charge in [0, 0.05) is 30.7 Å². The molecule has 0 aromatic heterocycles. The first-order chi connectivity index (χ1) is 14.7. The number of methoxy groups -OCH3 is 1. The summed E-state index contributed by atoms with van der Waals surface area (Å²) in [6, 6.07) is 17.1. The van der Waals surface area contributed by atoms with Crippen molar-refractivity contribution in [2.75, 3.05) is 25.6 Å². The Bertz CT molecular complexity index is 834. The quantitative estimate of drug-likeness (QED) is 0.650. The molecule has 6 nitrogen and oxygen atoms in total. The van der Waals surface area contributed by atoms with Crippen LogP contribution in [0, 0.1) is 5.92 Å². The zero-order chi connectivity index (χ0) is 21.3. The Kier molecular flexibility index (Phi) is 7.88. The molecular weight excluding hydrogens is 382 g/mol. The van der Waals surface area contributed by atoms with Crippen LogP contribution in [-0.2, 0) is 14.3 Å². The number of nitrogens with one attached hydrogen (secondary N) is 1. The molecule has 3 rings (SSSR count). The number of rotatable bonds is 9. The van der Waals surface area contributed by atoms with Crippen LogP contribution in [0.15, 0.2) is 66.4 Å². The Hall–Kier alpha value is -2.83.